The first-order valence-electron chi connectivity index (χ1n) is 5.42. The second kappa shape index (κ2) is 4.94. The average molecular weight is 256 g/mol. The van der Waals surface area contributed by atoms with Gasteiger partial charge in [-0.2, -0.15) is 0 Å². The van der Waals surface area contributed by atoms with Gasteiger partial charge in [0, 0.05) is 25.2 Å². The molecule has 0 radical (unpaired) electrons. The number of halogens is 1. The summed E-state index contributed by atoms with van der Waals surface area (Å²) in [5, 5.41) is 10.1. The van der Waals surface area contributed by atoms with Crippen LogP contribution in [0.25, 0.3) is 0 Å². The number of nitrogens with zero attached hydrogens (tertiary/aromatic N) is 1. The van der Waals surface area contributed by atoms with Crippen LogP contribution in [0.3, 0.4) is 0 Å². The lowest BCUT2D eigenvalue weighted by Gasteiger charge is -2.16. The van der Waals surface area contributed by atoms with Crippen LogP contribution in [-0.4, -0.2) is 42.2 Å². The molecule has 0 aliphatic carbocycles. The van der Waals surface area contributed by atoms with E-state index in [1.807, 2.05) is 0 Å². The van der Waals surface area contributed by atoms with Gasteiger partial charge in [0.05, 0.1) is 11.7 Å². The van der Waals surface area contributed by atoms with Gasteiger partial charge < -0.3 is 14.7 Å². The first kappa shape index (κ1) is 12.2. The molecule has 1 heterocycles. The van der Waals surface area contributed by atoms with E-state index in [4.69, 9.17) is 16.3 Å². The lowest BCUT2D eigenvalue weighted by molar-refractivity contribution is 0.0721. The quantitative estimate of drug-likeness (QED) is 0.878. The molecule has 2 rings (SSSR count). The fraction of sp³-hybridized carbons (Fsp3) is 0.417. The molecular formula is C12H14ClNO3. The van der Waals surface area contributed by atoms with E-state index >= 15 is 0 Å². The predicted molar refractivity (Wildman–Crippen MR) is 64.4 cm³/mol. The Morgan fingerprint density at radius 3 is 3.00 bits per heavy atom. The third kappa shape index (κ3) is 2.53. The van der Waals surface area contributed by atoms with Crippen molar-refractivity contribution in [3.8, 4) is 5.75 Å². The van der Waals surface area contributed by atoms with Gasteiger partial charge in [-0.1, -0.05) is 11.6 Å². The summed E-state index contributed by atoms with van der Waals surface area (Å²) in [5.74, 6) is -0.246. The number of hydrogen-bond donors (Lipinski definition) is 1. The molecule has 1 aromatic rings. The van der Waals surface area contributed by atoms with Crippen LogP contribution in [0.15, 0.2) is 18.2 Å². The zero-order valence-electron chi connectivity index (χ0n) is 9.52. The third-order valence-corrected chi connectivity index (χ3v) is 3.19. The molecule has 1 aliphatic heterocycles. The first-order valence-corrected chi connectivity index (χ1v) is 5.80. The van der Waals surface area contributed by atoms with Crippen molar-refractivity contribution in [1.82, 2.24) is 4.90 Å². The maximum Gasteiger partial charge on any atom is 0.257 e. The smallest absolute Gasteiger partial charge is 0.257 e. The highest BCUT2D eigenvalue weighted by molar-refractivity contribution is 6.31. The molecule has 4 nitrogen and oxygen atoms in total. The summed E-state index contributed by atoms with van der Waals surface area (Å²) in [7, 11) is 1.63. The van der Waals surface area contributed by atoms with Crippen molar-refractivity contribution in [2.75, 3.05) is 20.2 Å². The number of rotatable bonds is 2. The van der Waals surface area contributed by atoms with Crippen LogP contribution in [-0.2, 0) is 4.74 Å². The number of likely N-dealkylation sites (tertiary alicyclic amines) is 1. The van der Waals surface area contributed by atoms with E-state index in [1.165, 1.54) is 12.1 Å². The van der Waals surface area contributed by atoms with Crippen molar-refractivity contribution in [1.29, 1.82) is 0 Å². The van der Waals surface area contributed by atoms with Gasteiger partial charge in [-0.15, -0.1) is 0 Å². The first-order chi connectivity index (χ1) is 8.11. The summed E-state index contributed by atoms with van der Waals surface area (Å²) < 4.78 is 5.20. The van der Waals surface area contributed by atoms with Gasteiger partial charge in [0.15, 0.2) is 0 Å². The Morgan fingerprint density at radius 1 is 1.59 bits per heavy atom. The molecule has 1 aromatic carbocycles. The molecule has 0 bridgehead atoms. The monoisotopic (exact) mass is 255 g/mol. The van der Waals surface area contributed by atoms with E-state index in [2.05, 4.69) is 0 Å². The number of aromatic hydroxyl groups is 1. The SMILES string of the molecule is CO[C@@H]1CCN(C(=O)c2cc(Cl)ccc2O)C1. The summed E-state index contributed by atoms with van der Waals surface area (Å²) in [5.41, 5.74) is 0.245. The normalized spacial score (nSPS) is 19.6. The van der Waals surface area contributed by atoms with Crippen molar-refractivity contribution in [2.45, 2.75) is 12.5 Å². The highest BCUT2D eigenvalue weighted by Crippen LogP contribution is 2.24. The van der Waals surface area contributed by atoms with Crippen LogP contribution in [0.4, 0.5) is 0 Å². The predicted octanol–water partition coefficient (Wildman–Crippen LogP) is 1.91. The number of phenols is 1. The zero-order chi connectivity index (χ0) is 12.4. The number of methoxy groups -OCH3 is 1. The largest absolute Gasteiger partial charge is 0.507 e. The number of carbonyl (C=O) groups is 1. The number of carbonyl (C=O) groups excluding carboxylic acids is 1. The maximum absolute atomic E-state index is 12.1. The Morgan fingerprint density at radius 2 is 2.35 bits per heavy atom. The van der Waals surface area contributed by atoms with Gasteiger partial charge in [-0.25, -0.2) is 0 Å². The molecule has 5 heteroatoms. The van der Waals surface area contributed by atoms with Crippen molar-refractivity contribution in [3.63, 3.8) is 0 Å². The minimum atomic E-state index is -0.204. The molecule has 1 saturated heterocycles. The molecule has 1 atom stereocenters. The lowest BCUT2D eigenvalue weighted by Crippen LogP contribution is -2.30. The van der Waals surface area contributed by atoms with E-state index < -0.39 is 0 Å². The van der Waals surface area contributed by atoms with Gasteiger partial charge in [0.2, 0.25) is 0 Å². The Bertz CT molecular complexity index is 436. The van der Waals surface area contributed by atoms with Gasteiger partial charge >= 0.3 is 0 Å². The third-order valence-electron chi connectivity index (χ3n) is 2.95. The maximum atomic E-state index is 12.1. The highest BCUT2D eigenvalue weighted by Gasteiger charge is 2.28. The number of benzene rings is 1. The number of amides is 1. The minimum absolute atomic E-state index is 0.0414. The van der Waals surface area contributed by atoms with Crippen LogP contribution < -0.4 is 0 Å². The van der Waals surface area contributed by atoms with Crippen molar-refractivity contribution in [2.24, 2.45) is 0 Å². The molecule has 1 amide bonds. The second-order valence-electron chi connectivity index (χ2n) is 4.06. The number of ether oxygens (including phenoxy) is 1. The minimum Gasteiger partial charge on any atom is -0.507 e. The fourth-order valence-electron chi connectivity index (χ4n) is 1.95. The van der Waals surface area contributed by atoms with Gasteiger partial charge in [0.1, 0.15) is 5.75 Å². The van der Waals surface area contributed by atoms with Gasteiger partial charge in [-0.05, 0) is 24.6 Å². The topological polar surface area (TPSA) is 49.8 Å². The molecule has 1 fully saturated rings. The van der Waals surface area contributed by atoms with Crippen molar-refractivity contribution >= 4 is 17.5 Å². The zero-order valence-corrected chi connectivity index (χ0v) is 10.3. The van der Waals surface area contributed by atoms with Crippen LogP contribution in [0.1, 0.15) is 16.8 Å². The molecule has 1 N–H and O–H groups in total. The number of hydrogen-bond acceptors (Lipinski definition) is 3. The summed E-state index contributed by atoms with van der Waals surface area (Å²) in [6.45, 7) is 1.20. The van der Waals surface area contributed by atoms with E-state index in [9.17, 15) is 9.90 Å². The van der Waals surface area contributed by atoms with E-state index in [1.54, 1.807) is 18.1 Å². The van der Waals surface area contributed by atoms with Crippen molar-refractivity contribution < 1.29 is 14.6 Å². The fourth-order valence-corrected chi connectivity index (χ4v) is 2.13. The number of phenolic OH excluding ortho intramolecular Hbond substituents is 1. The molecule has 0 unspecified atom stereocenters. The van der Waals surface area contributed by atoms with E-state index in [-0.39, 0.29) is 23.3 Å². The molecule has 1 aliphatic rings. The van der Waals surface area contributed by atoms with Crippen LogP contribution in [0, 0.1) is 0 Å². The summed E-state index contributed by atoms with van der Waals surface area (Å²) >= 11 is 5.82. The van der Waals surface area contributed by atoms with E-state index in [0.29, 0.717) is 18.1 Å². The Labute approximate surface area is 105 Å². The van der Waals surface area contributed by atoms with Crippen LogP contribution >= 0.6 is 11.6 Å². The Hall–Kier alpha value is -1.26. The standard InChI is InChI=1S/C12H14ClNO3/c1-17-9-4-5-14(7-9)12(16)10-6-8(13)2-3-11(10)15/h2-3,6,9,15H,4-5,7H2,1H3/t9-/m1/s1. The molecule has 0 aromatic heterocycles. The van der Waals surface area contributed by atoms with Crippen molar-refractivity contribution in [3.05, 3.63) is 28.8 Å². The van der Waals surface area contributed by atoms with Gasteiger partial charge in [0.25, 0.3) is 5.91 Å². The van der Waals surface area contributed by atoms with Crippen LogP contribution in [0.2, 0.25) is 5.02 Å². The summed E-state index contributed by atoms with van der Waals surface area (Å²) in [4.78, 5) is 13.8. The summed E-state index contributed by atoms with van der Waals surface area (Å²) in [6.07, 6.45) is 0.907. The molecular weight excluding hydrogens is 242 g/mol. The second-order valence-corrected chi connectivity index (χ2v) is 4.50. The Balaban J connectivity index is 2.17. The molecule has 0 spiro atoms. The van der Waals surface area contributed by atoms with Gasteiger partial charge in [-0.3, -0.25) is 4.79 Å². The Kier molecular flexibility index (Phi) is 3.54. The van der Waals surface area contributed by atoms with E-state index in [0.717, 1.165) is 6.42 Å². The molecule has 0 saturated carbocycles. The van der Waals surface area contributed by atoms with Crippen LogP contribution in [0.5, 0.6) is 5.75 Å². The average Bonchev–Trinajstić information content (AvgIpc) is 2.80. The lowest BCUT2D eigenvalue weighted by atomic mass is 10.2. The summed E-state index contributed by atoms with van der Waals surface area (Å²) in [6, 6.07) is 4.47. The highest BCUT2D eigenvalue weighted by atomic mass is 35.5. The molecule has 17 heavy (non-hydrogen) atoms. The molecule has 92 valence electrons.